The summed E-state index contributed by atoms with van der Waals surface area (Å²) in [6, 6.07) is 3.69. The first-order chi connectivity index (χ1) is 7.95. The van der Waals surface area contributed by atoms with E-state index >= 15 is 0 Å². The van der Waals surface area contributed by atoms with Crippen LogP contribution in [0.25, 0.3) is 0 Å². The van der Waals surface area contributed by atoms with Crippen molar-refractivity contribution in [3.63, 3.8) is 0 Å². The van der Waals surface area contributed by atoms with Gasteiger partial charge in [-0.05, 0) is 44.0 Å². The molecule has 0 atom stereocenters. The highest BCUT2D eigenvalue weighted by Crippen LogP contribution is 2.24. The molecule has 1 aromatic carbocycles. The van der Waals surface area contributed by atoms with Gasteiger partial charge in [0.25, 0.3) is 0 Å². The Morgan fingerprint density at radius 1 is 1.12 bits per heavy atom. The van der Waals surface area contributed by atoms with Crippen molar-refractivity contribution in [1.29, 1.82) is 0 Å². The molecule has 92 valence electrons. The molecule has 0 amide bonds. The molecule has 0 aromatic heterocycles. The van der Waals surface area contributed by atoms with Crippen LogP contribution < -0.4 is 4.74 Å². The first kappa shape index (κ1) is 13.4. The molecule has 0 aliphatic heterocycles. The van der Waals surface area contributed by atoms with Crippen molar-refractivity contribution in [2.24, 2.45) is 0 Å². The Hall–Kier alpha value is -1.64. The lowest BCUT2D eigenvalue weighted by Gasteiger charge is -2.10. The quantitative estimate of drug-likeness (QED) is 0.736. The van der Waals surface area contributed by atoms with Gasteiger partial charge < -0.3 is 9.53 Å². The van der Waals surface area contributed by atoms with Gasteiger partial charge in [0.15, 0.2) is 5.78 Å². The summed E-state index contributed by atoms with van der Waals surface area (Å²) in [7, 11) is 1.55. The van der Waals surface area contributed by atoms with E-state index in [1.807, 2.05) is 26.0 Å². The molecular weight excluding hydrogens is 216 g/mol. The van der Waals surface area contributed by atoms with E-state index in [0.717, 1.165) is 11.1 Å². The molecule has 0 aliphatic carbocycles. The summed E-state index contributed by atoms with van der Waals surface area (Å²) < 4.78 is 5.20. The first-order valence-corrected chi connectivity index (χ1v) is 5.63. The van der Waals surface area contributed by atoms with E-state index in [0.29, 0.717) is 11.3 Å². The number of carbonyl (C=O) groups excluding carboxylic acids is 2. The Labute approximate surface area is 102 Å². The number of aryl methyl sites for hydroxylation is 2. The monoisotopic (exact) mass is 234 g/mol. The largest absolute Gasteiger partial charge is 0.496 e. The number of hydrogen-bond acceptors (Lipinski definition) is 3. The SMILES string of the molecule is COc1cc(C)c(C)cc1C(=O)CCC(C)=O. The zero-order chi connectivity index (χ0) is 13.0. The zero-order valence-corrected chi connectivity index (χ0v) is 10.8. The lowest BCUT2D eigenvalue weighted by atomic mass is 9.99. The van der Waals surface area contributed by atoms with Gasteiger partial charge in [0, 0.05) is 12.8 Å². The van der Waals surface area contributed by atoms with Gasteiger partial charge in [0.2, 0.25) is 0 Å². The van der Waals surface area contributed by atoms with E-state index in [1.165, 1.54) is 6.92 Å². The second kappa shape index (κ2) is 5.62. The van der Waals surface area contributed by atoms with Crippen LogP contribution in [0.3, 0.4) is 0 Å². The third-order valence-corrected chi connectivity index (χ3v) is 2.82. The highest BCUT2D eigenvalue weighted by Gasteiger charge is 2.14. The molecule has 3 nitrogen and oxygen atoms in total. The summed E-state index contributed by atoms with van der Waals surface area (Å²) in [5, 5.41) is 0. The molecule has 0 bridgehead atoms. The standard InChI is InChI=1S/C14H18O3/c1-9-7-12(13(16)6-5-11(3)15)14(17-4)8-10(9)2/h7-8H,5-6H2,1-4H3. The van der Waals surface area contributed by atoms with Crippen LogP contribution >= 0.6 is 0 Å². The highest BCUT2D eigenvalue weighted by molar-refractivity contribution is 6.00. The van der Waals surface area contributed by atoms with Gasteiger partial charge in [0.1, 0.15) is 11.5 Å². The average Bonchev–Trinajstić information content (AvgIpc) is 2.28. The molecule has 3 heteroatoms. The van der Waals surface area contributed by atoms with Crippen molar-refractivity contribution in [3.05, 3.63) is 28.8 Å². The maximum absolute atomic E-state index is 12.0. The molecule has 0 radical (unpaired) electrons. The summed E-state index contributed by atoms with van der Waals surface area (Å²) in [6.45, 7) is 5.42. The van der Waals surface area contributed by atoms with Crippen molar-refractivity contribution in [3.8, 4) is 5.75 Å². The Bertz CT molecular complexity index is 447. The Kier molecular flexibility index (Phi) is 4.44. The van der Waals surface area contributed by atoms with Gasteiger partial charge in [-0.3, -0.25) is 4.79 Å². The van der Waals surface area contributed by atoms with E-state index in [-0.39, 0.29) is 24.4 Å². The number of hydrogen-bond donors (Lipinski definition) is 0. The predicted octanol–water partition coefficient (Wildman–Crippen LogP) is 2.86. The molecule has 1 aromatic rings. The molecule has 17 heavy (non-hydrogen) atoms. The van der Waals surface area contributed by atoms with Gasteiger partial charge in [-0.1, -0.05) is 0 Å². The molecule has 0 saturated heterocycles. The van der Waals surface area contributed by atoms with Crippen LogP contribution in [0.4, 0.5) is 0 Å². The summed E-state index contributed by atoms with van der Waals surface area (Å²) in [5.74, 6) is 0.572. The van der Waals surface area contributed by atoms with Crippen molar-refractivity contribution in [2.75, 3.05) is 7.11 Å². The predicted molar refractivity (Wildman–Crippen MR) is 66.7 cm³/mol. The van der Waals surface area contributed by atoms with Gasteiger partial charge in [0.05, 0.1) is 12.7 Å². The topological polar surface area (TPSA) is 43.4 Å². The minimum atomic E-state index is -0.0415. The van der Waals surface area contributed by atoms with Crippen LogP contribution in [0.15, 0.2) is 12.1 Å². The lowest BCUT2D eigenvalue weighted by molar-refractivity contribution is -0.116. The van der Waals surface area contributed by atoms with Crippen LogP contribution in [0, 0.1) is 13.8 Å². The van der Waals surface area contributed by atoms with E-state index < -0.39 is 0 Å². The molecule has 0 N–H and O–H groups in total. The lowest BCUT2D eigenvalue weighted by Crippen LogP contribution is -2.05. The minimum Gasteiger partial charge on any atom is -0.496 e. The molecule has 1 rings (SSSR count). The molecule has 0 unspecified atom stereocenters. The minimum absolute atomic E-state index is 0.0288. The molecule has 0 spiro atoms. The fourth-order valence-electron chi connectivity index (χ4n) is 1.60. The van der Waals surface area contributed by atoms with Crippen molar-refractivity contribution in [2.45, 2.75) is 33.6 Å². The Morgan fingerprint density at radius 2 is 1.71 bits per heavy atom. The molecule has 0 heterocycles. The van der Waals surface area contributed by atoms with Crippen LogP contribution in [-0.2, 0) is 4.79 Å². The maximum Gasteiger partial charge on any atom is 0.167 e. The fourth-order valence-corrected chi connectivity index (χ4v) is 1.60. The molecular formula is C14H18O3. The zero-order valence-electron chi connectivity index (χ0n) is 10.8. The van der Waals surface area contributed by atoms with E-state index in [2.05, 4.69) is 0 Å². The number of Topliss-reactive ketones (excluding diaryl/α,β-unsaturated/α-hetero) is 2. The van der Waals surface area contributed by atoms with Crippen molar-refractivity contribution < 1.29 is 14.3 Å². The third-order valence-electron chi connectivity index (χ3n) is 2.82. The number of rotatable bonds is 5. The van der Waals surface area contributed by atoms with E-state index in [1.54, 1.807) is 7.11 Å². The van der Waals surface area contributed by atoms with Crippen LogP contribution in [0.5, 0.6) is 5.75 Å². The van der Waals surface area contributed by atoms with E-state index in [9.17, 15) is 9.59 Å². The normalized spacial score (nSPS) is 10.1. The summed E-state index contributed by atoms with van der Waals surface area (Å²) in [4.78, 5) is 22.8. The highest BCUT2D eigenvalue weighted by atomic mass is 16.5. The maximum atomic E-state index is 12.0. The van der Waals surface area contributed by atoms with Crippen LogP contribution in [0.2, 0.25) is 0 Å². The van der Waals surface area contributed by atoms with Gasteiger partial charge in [-0.2, -0.15) is 0 Å². The van der Waals surface area contributed by atoms with Crippen molar-refractivity contribution >= 4 is 11.6 Å². The van der Waals surface area contributed by atoms with Gasteiger partial charge >= 0.3 is 0 Å². The van der Waals surface area contributed by atoms with E-state index in [4.69, 9.17) is 4.74 Å². The molecule has 0 fully saturated rings. The summed E-state index contributed by atoms with van der Waals surface area (Å²) in [5.41, 5.74) is 2.71. The van der Waals surface area contributed by atoms with Crippen LogP contribution in [-0.4, -0.2) is 18.7 Å². The van der Waals surface area contributed by atoms with Crippen LogP contribution in [0.1, 0.15) is 41.3 Å². The number of ether oxygens (including phenoxy) is 1. The number of methoxy groups -OCH3 is 1. The second-order valence-electron chi connectivity index (χ2n) is 4.26. The van der Waals surface area contributed by atoms with Gasteiger partial charge in [-0.25, -0.2) is 0 Å². The third kappa shape index (κ3) is 3.41. The summed E-state index contributed by atoms with van der Waals surface area (Å²) >= 11 is 0. The number of ketones is 2. The first-order valence-electron chi connectivity index (χ1n) is 5.63. The fraction of sp³-hybridized carbons (Fsp3) is 0.429. The number of benzene rings is 1. The smallest absolute Gasteiger partial charge is 0.167 e. The van der Waals surface area contributed by atoms with Crippen molar-refractivity contribution in [1.82, 2.24) is 0 Å². The number of carbonyl (C=O) groups is 2. The molecule has 0 saturated carbocycles. The Morgan fingerprint density at radius 3 is 2.24 bits per heavy atom. The molecule has 0 aliphatic rings. The average molecular weight is 234 g/mol. The second-order valence-corrected chi connectivity index (χ2v) is 4.26. The summed E-state index contributed by atoms with van der Waals surface area (Å²) in [6.07, 6.45) is 0.531. The van der Waals surface area contributed by atoms with Gasteiger partial charge in [-0.15, -0.1) is 0 Å². The Balaban J connectivity index is 2.99.